The summed E-state index contributed by atoms with van der Waals surface area (Å²) < 4.78 is 0. The highest BCUT2D eigenvalue weighted by atomic mass is 16.3. The number of hydrogen-bond acceptors (Lipinski definition) is 3. The van der Waals surface area contributed by atoms with Crippen molar-refractivity contribution in [3.63, 3.8) is 0 Å². The van der Waals surface area contributed by atoms with E-state index in [0.717, 1.165) is 49.7 Å². The van der Waals surface area contributed by atoms with Gasteiger partial charge in [-0.15, -0.1) is 0 Å². The zero-order chi connectivity index (χ0) is 15.5. The highest BCUT2D eigenvalue weighted by molar-refractivity contribution is 6.00. The molecule has 1 aromatic carbocycles. The quantitative estimate of drug-likeness (QED) is 0.786. The van der Waals surface area contributed by atoms with Crippen molar-refractivity contribution in [3.05, 3.63) is 29.3 Å². The largest absolute Gasteiger partial charge is 0.393 e. The first-order valence-electron chi connectivity index (χ1n) is 8.03. The average Bonchev–Trinajstić information content (AvgIpc) is 2.50. The van der Waals surface area contributed by atoms with Crippen LogP contribution in [0.1, 0.15) is 54.4 Å². The van der Waals surface area contributed by atoms with Gasteiger partial charge < -0.3 is 15.7 Å². The lowest BCUT2D eigenvalue weighted by atomic mass is 9.90. The molecule has 3 N–H and O–H groups in total. The molecule has 3 rings (SSSR count). The molecule has 0 bridgehead atoms. The number of ketones is 1. The van der Waals surface area contributed by atoms with Gasteiger partial charge in [-0.05, 0) is 56.2 Å². The monoisotopic (exact) mass is 302 g/mol. The van der Waals surface area contributed by atoms with E-state index in [-0.39, 0.29) is 24.0 Å². The van der Waals surface area contributed by atoms with Crippen molar-refractivity contribution < 1.29 is 14.7 Å². The van der Waals surface area contributed by atoms with Crippen molar-refractivity contribution >= 4 is 17.5 Å². The Bertz CT molecular complexity index is 577. The van der Waals surface area contributed by atoms with Crippen LogP contribution < -0.4 is 10.6 Å². The summed E-state index contributed by atoms with van der Waals surface area (Å²) in [6.07, 6.45) is 5.27. The van der Waals surface area contributed by atoms with Gasteiger partial charge in [0.25, 0.3) is 0 Å². The number of carbonyl (C=O) groups excluding carboxylic acids is 2. The Balaban J connectivity index is 1.60. The predicted octanol–water partition coefficient (Wildman–Crippen LogP) is 2.63. The molecular formula is C17H22N2O3. The third-order valence-corrected chi connectivity index (χ3v) is 4.55. The number of aryl methyl sites for hydroxylation is 1. The summed E-state index contributed by atoms with van der Waals surface area (Å²) in [5.41, 5.74) is 2.47. The summed E-state index contributed by atoms with van der Waals surface area (Å²) in [6.45, 7) is 0. The summed E-state index contributed by atoms with van der Waals surface area (Å²) >= 11 is 0. The smallest absolute Gasteiger partial charge is 0.319 e. The number of Topliss-reactive ketones (excluding diaryl/α,β-unsaturated/α-hetero) is 1. The van der Waals surface area contributed by atoms with E-state index < -0.39 is 0 Å². The van der Waals surface area contributed by atoms with Crippen LogP contribution in [0.15, 0.2) is 18.2 Å². The van der Waals surface area contributed by atoms with E-state index >= 15 is 0 Å². The normalized spacial score (nSPS) is 24.5. The molecule has 2 aliphatic rings. The minimum Gasteiger partial charge on any atom is -0.393 e. The second-order valence-corrected chi connectivity index (χ2v) is 6.25. The molecule has 0 aromatic heterocycles. The van der Waals surface area contributed by atoms with E-state index in [4.69, 9.17) is 0 Å². The molecule has 118 valence electrons. The van der Waals surface area contributed by atoms with Crippen LogP contribution in [0.3, 0.4) is 0 Å². The number of aliphatic hydroxyl groups is 1. The summed E-state index contributed by atoms with van der Waals surface area (Å²) in [5, 5.41) is 15.2. The number of urea groups is 1. The Morgan fingerprint density at radius 2 is 1.91 bits per heavy atom. The van der Waals surface area contributed by atoms with Gasteiger partial charge in [-0.2, -0.15) is 0 Å². The van der Waals surface area contributed by atoms with Gasteiger partial charge in [0.1, 0.15) is 0 Å². The van der Waals surface area contributed by atoms with E-state index in [1.807, 2.05) is 12.1 Å². The third-order valence-electron chi connectivity index (χ3n) is 4.55. The van der Waals surface area contributed by atoms with Crippen LogP contribution in [0, 0.1) is 0 Å². The minimum absolute atomic E-state index is 0.114. The van der Waals surface area contributed by atoms with Crippen molar-refractivity contribution in [2.24, 2.45) is 0 Å². The standard InChI is InChI=1S/C17H22N2O3/c20-14-8-6-12(7-9-14)18-17(22)19-13-5-4-11-2-1-3-16(21)15(11)10-13/h4-5,10,12,14,20H,1-3,6-9H2,(H2,18,19,22). The third kappa shape index (κ3) is 3.47. The fourth-order valence-corrected chi connectivity index (χ4v) is 3.28. The number of fused-ring (bicyclic) bond motifs is 1. The van der Waals surface area contributed by atoms with Gasteiger partial charge in [0.05, 0.1) is 6.10 Å². The number of rotatable bonds is 2. The van der Waals surface area contributed by atoms with E-state index in [2.05, 4.69) is 10.6 Å². The van der Waals surface area contributed by atoms with E-state index in [0.29, 0.717) is 12.1 Å². The molecule has 0 saturated heterocycles. The Hall–Kier alpha value is -1.88. The first kappa shape index (κ1) is 15.0. The summed E-state index contributed by atoms with van der Waals surface area (Å²) in [4.78, 5) is 24.0. The Morgan fingerprint density at radius 3 is 2.68 bits per heavy atom. The van der Waals surface area contributed by atoms with Gasteiger partial charge >= 0.3 is 6.03 Å². The summed E-state index contributed by atoms with van der Waals surface area (Å²) in [6, 6.07) is 5.43. The van der Waals surface area contributed by atoms with Crippen LogP contribution in [0.25, 0.3) is 0 Å². The van der Waals surface area contributed by atoms with Gasteiger partial charge in [-0.1, -0.05) is 6.07 Å². The van der Waals surface area contributed by atoms with E-state index in [1.165, 1.54) is 0 Å². The molecule has 5 heteroatoms. The van der Waals surface area contributed by atoms with E-state index in [1.54, 1.807) is 6.07 Å². The maximum atomic E-state index is 12.0. The van der Waals surface area contributed by atoms with Crippen LogP contribution in [-0.2, 0) is 6.42 Å². The maximum Gasteiger partial charge on any atom is 0.319 e. The number of amides is 2. The number of benzene rings is 1. The van der Waals surface area contributed by atoms with Crippen molar-refractivity contribution in [1.82, 2.24) is 5.32 Å². The predicted molar refractivity (Wildman–Crippen MR) is 84.1 cm³/mol. The van der Waals surface area contributed by atoms with Crippen LogP contribution >= 0.6 is 0 Å². The molecule has 1 saturated carbocycles. The van der Waals surface area contributed by atoms with Crippen molar-refractivity contribution in [1.29, 1.82) is 0 Å². The molecule has 1 fully saturated rings. The lowest BCUT2D eigenvalue weighted by Gasteiger charge is -2.26. The molecule has 0 aliphatic heterocycles. The highest BCUT2D eigenvalue weighted by Gasteiger charge is 2.21. The second kappa shape index (κ2) is 6.48. The number of anilines is 1. The van der Waals surface area contributed by atoms with Crippen molar-refractivity contribution in [2.45, 2.75) is 57.1 Å². The molecule has 0 spiro atoms. The Kier molecular flexibility index (Phi) is 4.43. The molecule has 2 amide bonds. The van der Waals surface area contributed by atoms with Gasteiger partial charge in [-0.3, -0.25) is 4.79 Å². The van der Waals surface area contributed by atoms with Gasteiger partial charge in [0.15, 0.2) is 5.78 Å². The van der Waals surface area contributed by atoms with Gasteiger partial charge in [0, 0.05) is 23.7 Å². The molecule has 0 atom stereocenters. The fourth-order valence-electron chi connectivity index (χ4n) is 3.28. The lowest BCUT2D eigenvalue weighted by molar-refractivity contribution is 0.0972. The number of nitrogens with one attached hydrogen (secondary N) is 2. The molecular weight excluding hydrogens is 280 g/mol. The lowest BCUT2D eigenvalue weighted by Crippen LogP contribution is -2.40. The molecule has 22 heavy (non-hydrogen) atoms. The molecule has 0 heterocycles. The maximum absolute atomic E-state index is 12.0. The summed E-state index contributed by atoms with van der Waals surface area (Å²) in [7, 11) is 0. The Labute approximate surface area is 130 Å². The highest BCUT2D eigenvalue weighted by Crippen LogP contribution is 2.24. The first-order valence-corrected chi connectivity index (χ1v) is 8.03. The topological polar surface area (TPSA) is 78.4 Å². The average molecular weight is 302 g/mol. The molecule has 0 unspecified atom stereocenters. The number of hydrogen-bond donors (Lipinski definition) is 3. The van der Waals surface area contributed by atoms with Crippen molar-refractivity contribution in [2.75, 3.05) is 5.32 Å². The van der Waals surface area contributed by atoms with Crippen LogP contribution in [0.4, 0.5) is 10.5 Å². The van der Waals surface area contributed by atoms with Gasteiger partial charge in [-0.25, -0.2) is 4.79 Å². The SMILES string of the molecule is O=C(Nc1ccc2c(c1)C(=O)CCC2)NC1CCC(O)CC1. The first-order chi connectivity index (χ1) is 10.6. The van der Waals surface area contributed by atoms with Crippen LogP contribution in [-0.4, -0.2) is 29.1 Å². The molecule has 0 radical (unpaired) electrons. The fraction of sp³-hybridized carbons (Fsp3) is 0.529. The van der Waals surface area contributed by atoms with Crippen LogP contribution in [0.5, 0.6) is 0 Å². The zero-order valence-electron chi connectivity index (χ0n) is 12.6. The summed E-state index contributed by atoms with van der Waals surface area (Å²) in [5.74, 6) is 0.159. The minimum atomic E-state index is -0.246. The molecule has 1 aromatic rings. The van der Waals surface area contributed by atoms with E-state index in [9.17, 15) is 14.7 Å². The number of aliphatic hydroxyl groups excluding tert-OH is 1. The van der Waals surface area contributed by atoms with Crippen LogP contribution in [0.2, 0.25) is 0 Å². The van der Waals surface area contributed by atoms with Gasteiger partial charge in [0.2, 0.25) is 0 Å². The Morgan fingerprint density at radius 1 is 1.14 bits per heavy atom. The van der Waals surface area contributed by atoms with Crippen molar-refractivity contribution in [3.8, 4) is 0 Å². The number of carbonyl (C=O) groups is 2. The second-order valence-electron chi connectivity index (χ2n) is 6.25. The zero-order valence-corrected chi connectivity index (χ0v) is 12.6. The molecule has 5 nitrogen and oxygen atoms in total. The molecule has 2 aliphatic carbocycles.